The number of benzene rings is 3. The van der Waals surface area contributed by atoms with Gasteiger partial charge in [0.25, 0.3) is 0 Å². The average molecular weight is 455 g/mol. The Morgan fingerprint density at radius 1 is 0.759 bits per heavy atom. The summed E-state index contributed by atoms with van der Waals surface area (Å²) in [7, 11) is 0. The van der Waals surface area contributed by atoms with Crippen molar-refractivity contribution in [2.75, 3.05) is 0 Å². The smallest absolute Gasteiger partial charge is 1.00 e. The molecule has 0 saturated heterocycles. The van der Waals surface area contributed by atoms with E-state index in [0.29, 0.717) is 0 Å². The number of fused-ring (bicyclic) bond motifs is 2. The predicted molar refractivity (Wildman–Crippen MR) is 110 cm³/mol. The van der Waals surface area contributed by atoms with Crippen LogP contribution in [0.5, 0.6) is 0 Å². The van der Waals surface area contributed by atoms with E-state index >= 15 is 0 Å². The first-order valence-corrected chi connectivity index (χ1v) is 8.96. The minimum absolute atomic E-state index is 0. The second-order valence-electron chi connectivity index (χ2n) is 6.74. The maximum absolute atomic E-state index is 4.64. The molecule has 1 aliphatic carbocycles. The van der Waals surface area contributed by atoms with Crippen molar-refractivity contribution in [3.63, 3.8) is 0 Å². The van der Waals surface area contributed by atoms with Crippen molar-refractivity contribution in [1.82, 2.24) is 4.98 Å². The third kappa shape index (κ3) is 4.00. The van der Waals surface area contributed by atoms with Crippen LogP contribution in [0.4, 0.5) is 0 Å². The maximum Gasteiger partial charge on any atom is 3.00 e. The fourth-order valence-electron chi connectivity index (χ4n) is 3.98. The van der Waals surface area contributed by atoms with Crippen molar-refractivity contribution in [2.24, 2.45) is 0 Å². The van der Waals surface area contributed by atoms with E-state index in [-0.39, 0.29) is 42.2 Å². The maximum atomic E-state index is 4.64. The Labute approximate surface area is 194 Å². The largest absolute Gasteiger partial charge is 3.00 e. The zero-order chi connectivity index (χ0) is 17.5. The Kier molecular flexibility index (Phi) is 7.69. The second kappa shape index (κ2) is 9.61. The van der Waals surface area contributed by atoms with E-state index in [2.05, 4.69) is 84.7 Å². The number of rotatable bonds is 2. The van der Waals surface area contributed by atoms with Gasteiger partial charge in [-0.05, 0) is 17.0 Å². The Bertz CT molecular complexity index is 1130. The molecular formula is C25H18Cl2CrN. The van der Waals surface area contributed by atoms with Gasteiger partial charge in [-0.15, -0.1) is 17.2 Å². The summed E-state index contributed by atoms with van der Waals surface area (Å²) in [5.74, 6) is 0. The average Bonchev–Trinajstić information content (AvgIpc) is 3.08. The summed E-state index contributed by atoms with van der Waals surface area (Å²) in [4.78, 5) is 4.64. The fourth-order valence-corrected chi connectivity index (χ4v) is 3.98. The van der Waals surface area contributed by atoms with E-state index in [0.717, 1.165) is 11.9 Å². The molecule has 29 heavy (non-hydrogen) atoms. The quantitative estimate of drug-likeness (QED) is 0.401. The second-order valence-corrected chi connectivity index (χ2v) is 6.74. The minimum atomic E-state index is 0. The van der Waals surface area contributed by atoms with Crippen LogP contribution in [0.15, 0.2) is 84.6 Å². The molecule has 0 fully saturated rings. The molecule has 4 aromatic rings. The first-order chi connectivity index (χ1) is 12.8. The normalized spacial score (nSPS) is 12.8. The van der Waals surface area contributed by atoms with Crippen molar-refractivity contribution >= 4 is 32.8 Å². The van der Waals surface area contributed by atoms with E-state index in [1.807, 2.05) is 12.3 Å². The summed E-state index contributed by atoms with van der Waals surface area (Å²) in [6.45, 7) is 2.22. The molecule has 1 aromatic heterocycles. The molecule has 1 heterocycles. The van der Waals surface area contributed by atoms with Crippen molar-refractivity contribution in [2.45, 2.75) is 13.3 Å². The van der Waals surface area contributed by atoms with Gasteiger partial charge in [-0.2, -0.15) is 11.6 Å². The van der Waals surface area contributed by atoms with Gasteiger partial charge in [-0.25, -0.2) is 0 Å². The van der Waals surface area contributed by atoms with Crippen molar-refractivity contribution in [3.8, 4) is 0 Å². The van der Waals surface area contributed by atoms with Gasteiger partial charge < -0.3 is 24.8 Å². The van der Waals surface area contributed by atoms with Gasteiger partial charge in [0, 0.05) is 11.6 Å². The standard InChI is InChI=1S/C25H18N.2ClH.Cr/c1-17-20(23-12-4-8-18-7-2-3-11-22(18)23)14-15-21(17)24-13-5-9-19-10-6-16-26-25(19)24;;;/h2-13,16H,15H2,1H3;2*1H;/q-1;;;+3/p-2. The fraction of sp³-hybridized carbons (Fsp3) is 0.0800. The molecule has 0 atom stereocenters. The van der Waals surface area contributed by atoms with Gasteiger partial charge in [-0.3, -0.25) is 4.98 Å². The Balaban J connectivity index is 0.000001000. The molecule has 0 saturated carbocycles. The number of allylic oxidation sites excluding steroid dienone is 4. The van der Waals surface area contributed by atoms with E-state index < -0.39 is 0 Å². The van der Waals surface area contributed by atoms with Crippen LogP contribution in [0.2, 0.25) is 0 Å². The molecule has 0 aliphatic heterocycles. The Hall–Kier alpha value is -2.08. The number of nitrogens with zero attached hydrogens (tertiary/aromatic N) is 1. The van der Waals surface area contributed by atoms with Gasteiger partial charge >= 0.3 is 17.4 Å². The number of pyridine rings is 1. The first kappa shape index (κ1) is 23.2. The number of halogens is 2. The molecule has 0 bridgehead atoms. The van der Waals surface area contributed by atoms with Crippen molar-refractivity contribution in [3.05, 3.63) is 102 Å². The van der Waals surface area contributed by atoms with Gasteiger partial charge in [0.05, 0.1) is 5.52 Å². The van der Waals surface area contributed by atoms with Gasteiger partial charge in [0.2, 0.25) is 0 Å². The molecule has 0 unspecified atom stereocenters. The zero-order valence-corrected chi connectivity index (χ0v) is 18.6. The van der Waals surface area contributed by atoms with Crippen LogP contribution in [0, 0.1) is 6.08 Å². The molecule has 1 radical (unpaired) electrons. The molecule has 1 nitrogen and oxygen atoms in total. The molecule has 1 aliphatic rings. The topological polar surface area (TPSA) is 12.9 Å². The molecule has 5 rings (SSSR count). The summed E-state index contributed by atoms with van der Waals surface area (Å²) in [5, 5.41) is 3.74. The SMILES string of the molecule is CC1=C(c2cccc3cccnc23)C[C-]=C1c1cccc2ccccc12.[Cl-].[Cl-].[Cr+3]. The van der Waals surface area contributed by atoms with E-state index in [9.17, 15) is 0 Å². The summed E-state index contributed by atoms with van der Waals surface area (Å²) >= 11 is 0. The van der Waals surface area contributed by atoms with Gasteiger partial charge in [-0.1, -0.05) is 85.0 Å². The van der Waals surface area contributed by atoms with Crippen LogP contribution >= 0.6 is 0 Å². The number of hydrogen-bond acceptors (Lipinski definition) is 1. The zero-order valence-electron chi connectivity index (χ0n) is 15.8. The first-order valence-electron chi connectivity index (χ1n) is 8.96. The van der Waals surface area contributed by atoms with Crippen LogP contribution < -0.4 is 24.8 Å². The van der Waals surface area contributed by atoms with Crippen LogP contribution in [-0.2, 0) is 17.4 Å². The van der Waals surface area contributed by atoms with E-state index in [1.54, 1.807) is 0 Å². The third-order valence-corrected chi connectivity index (χ3v) is 5.29. The van der Waals surface area contributed by atoms with Gasteiger partial charge in [0.15, 0.2) is 0 Å². The molecule has 0 spiro atoms. The minimum Gasteiger partial charge on any atom is -1.00 e. The summed E-state index contributed by atoms with van der Waals surface area (Å²) < 4.78 is 0. The molecule has 143 valence electrons. The molecule has 4 heteroatoms. The molecule has 0 amide bonds. The monoisotopic (exact) mass is 454 g/mol. The summed E-state index contributed by atoms with van der Waals surface area (Å²) in [6, 6.07) is 25.6. The molecular weight excluding hydrogens is 437 g/mol. The van der Waals surface area contributed by atoms with Crippen LogP contribution in [0.3, 0.4) is 0 Å². The summed E-state index contributed by atoms with van der Waals surface area (Å²) in [6.07, 6.45) is 6.35. The van der Waals surface area contributed by atoms with E-state index in [4.69, 9.17) is 0 Å². The third-order valence-electron chi connectivity index (χ3n) is 5.29. The van der Waals surface area contributed by atoms with E-state index in [1.165, 1.54) is 44.0 Å². The number of aromatic nitrogens is 1. The molecule has 3 aromatic carbocycles. The number of para-hydroxylation sites is 1. The van der Waals surface area contributed by atoms with Crippen molar-refractivity contribution in [1.29, 1.82) is 0 Å². The van der Waals surface area contributed by atoms with Crippen LogP contribution in [0.25, 0.3) is 32.8 Å². The predicted octanol–water partition coefficient (Wildman–Crippen LogP) is 0.457. The Morgan fingerprint density at radius 2 is 1.41 bits per heavy atom. The van der Waals surface area contributed by atoms with Crippen LogP contribution in [0.1, 0.15) is 24.5 Å². The number of hydrogen-bond donors (Lipinski definition) is 0. The van der Waals surface area contributed by atoms with Crippen LogP contribution in [-0.4, -0.2) is 4.98 Å². The molecule has 0 N–H and O–H groups in total. The Morgan fingerprint density at radius 3 is 2.24 bits per heavy atom. The van der Waals surface area contributed by atoms with Crippen molar-refractivity contribution < 1.29 is 42.2 Å². The van der Waals surface area contributed by atoms with Gasteiger partial charge in [0.1, 0.15) is 0 Å². The summed E-state index contributed by atoms with van der Waals surface area (Å²) in [5.41, 5.74) is 7.43.